The molecule has 2 aromatic heterocycles. The highest BCUT2D eigenvalue weighted by atomic mass is 35.5. The summed E-state index contributed by atoms with van der Waals surface area (Å²) in [7, 11) is -2.32. The van der Waals surface area contributed by atoms with E-state index in [1.807, 2.05) is 0 Å². The Morgan fingerprint density at radius 2 is 1.84 bits per heavy atom. The van der Waals surface area contributed by atoms with Gasteiger partial charge in [-0.3, -0.25) is 9.78 Å². The van der Waals surface area contributed by atoms with E-state index in [4.69, 9.17) is 20.8 Å². The highest BCUT2D eigenvalue weighted by Crippen LogP contribution is 2.30. The van der Waals surface area contributed by atoms with Crippen LogP contribution in [0.2, 0.25) is 5.02 Å². The largest absolute Gasteiger partial charge is 0.495 e. The number of ether oxygens (including phenoxy) is 1. The number of benzene rings is 2. The van der Waals surface area contributed by atoms with E-state index in [9.17, 15) is 13.2 Å². The number of hydrogen-bond acceptors (Lipinski definition) is 6. The molecule has 1 N–H and O–H groups in total. The van der Waals surface area contributed by atoms with Crippen molar-refractivity contribution in [3.8, 4) is 5.75 Å². The van der Waals surface area contributed by atoms with Crippen molar-refractivity contribution in [3.63, 3.8) is 0 Å². The molecule has 0 unspecified atom stereocenters. The molecule has 0 spiro atoms. The normalized spacial score (nSPS) is 11.4. The fourth-order valence-corrected chi connectivity index (χ4v) is 4.47. The Balaban J connectivity index is 1.47. The standard InChI is InChI=1S/C22H17ClN2O5S/c1-29-19-11-17(6-7-18(19)23)31(27,28)16-4-2-14(3-5-16)12-25-22(26)20-10-15-8-9-24-13-21(15)30-20/h2-11,13H,12H2,1H3,(H,25,26). The van der Waals surface area contributed by atoms with Crippen molar-refractivity contribution in [1.29, 1.82) is 0 Å². The number of carbonyl (C=O) groups is 1. The Labute approximate surface area is 183 Å². The Morgan fingerprint density at radius 1 is 1.10 bits per heavy atom. The molecule has 9 heteroatoms. The average Bonchev–Trinajstić information content (AvgIpc) is 3.22. The van der Waals surface area contributed by atoms with Gasteiger partial charge in [0, 0.05) is 24.2 Å². The molecule has 158 valence electrons. The number of furan rings is 1. The molecule has 0 saturated heterocycles. The lowest BCUT2D eigenvalue weighted by molar-refractivity contribution is 0.0925. The number of pyridine rings is 1. The minimum Gasteiger partial charge on any atom is -0.495 e. The molecule has 0 radical (unpaired) electrons. The zero-order valence-corrected chi connectivity index (χ0v) is 17.9. The fraction of sp³-hybridized carbons (Fsp3) is 0.0909. The van der Waals surface area contributed by atoms with E-state index in [-0.39, 0.29) is 33.8 Å². The molecule has 0 bridgehead atoms. The highest BCUT2D eigenvalue weighted by molar-refractivity contribution is 7.91. The molecule has 2 heterocycles. The van der Waals surface area contributed by atoms with Gasteiger partial charge in [-0.15, -0.1) is 0 Å². The minimum absolute atomic E-state index is 0.0779. The average molecular weight is 457 g/mol. The van der Waals surface area contributed by atoms with Crippen molar-refractivity contribution in [2.24, 2.45) is 0 Å². The van der Waals surface area contributed by atoms with Crippen LogP contribution in [0.3, 0.4) is 0 Å². The summed E-state index contributed by atoms with van der Waals surface area (Å²) in [6, 6.07) is 14.0. The molecule has 31 heavy (non-hydrogen) atoms. The third-order valence-electron chi connectivity index (χ3n) is 4.67. The van der Waals surface area contributed by atoms with Gasteiger partial charge in [-0.25, -0.2) is 8.42 Å². The van der Waals surface area contributed by atoms with Crippen LogP contribution in [-0.2, 0) is 16.4 Å². The number of amides is 1. The van der Waals surface area contributed by atoms with Crippen LogP contribution in [0, 0.1) is 0 Å². The summed E-state index contributed by atoms with van der Waals surface area (Å²) < 4.78 is 36.3. The zero-order valence-electron chi connectivity index (χ0n) is 16.3. The number of nitrogens with zero attached hydrogens (tertiary/aromatic N) is 1. The van der Waals surface area contributed by atoms with Crippen LogP contribution in [0.25, 0.3) is 11.0 Å². The van der Waals surface area contributed by atoms with Gasteiger partial charge in [0.1, 0.15) is 5.75 Å². The monoisotopic (exact) mass is 456 g/mol. The van der Waals surface area contributed by atoms with Gasteiger partial charge < -0.3 is 14.5 Å². The first-order valence-corrected chi connectivity index (χ1v) is 11.0. The molecule has 1 amide bonds. The van der Waals surface area contributed by atoms with Gasteiger partial charge in [-0.2, -0.15) is 0 Å². The quantitative estimate of drug-likeness (QED) is 0.465. The van der Waals surface area contributed by atoms with E-state index in [1.165, 1.54) is 37.4 Å². The number of carbonyl (C=O) groups excluding carboxylic acids is 1. The van der Waals surface area contributed by atoms with Gasteiger partial charge in [0.2, 0.25) is 9.84 Å². The minimum atomic E-state index is -3.74. The molecule has 7 nitrogen and oxygen atoms in total. The Morgan fingerprint density at radius 3 is 2.55 bits per heavy atom. The van der Waals surface area contributed by atoms with E-state index >= 15 is 0 Å². The maximum absolute atomic E-state index is 12.9. The second-order valence-corrected chi connectivity index (χ2v) is 9.01. The Kier molecular flexibility index (Phi) is 5.67. The number of methoxy groups -OCH3 is 1. The van der Waals surface area contributed by atoms with Crippen molar-refractivity contribution in [3.05, 3.63) is 83.3 Å². The number of hydrogen-bond donors (Lipinski definition) is 1. The van der Waals surface area contributed by atoms with Crippen LogP contribution in [0.15, 0.2) is 81.2 Å². The van der Waals surface area contributed by atoms with Gasteiger partial charge >= 0.3 is 0 Å². The summed E-state index contributed by atoms with van der Waals surface area (Å²) in [5.74, 6) is 0.0866. The van der Waals surface area contributed by atoms with E-state index in [2.05, 4.69) is 10.3 Å². The lowest BCUT2D eigenvalue weighted by atomic mass is 10.2. The van der Waals surface area contributed by atoms with Gasteiger partial charge in [0.25, 0.3) is 5.91 Å². The van der Waals surface area contributed by atoms with E-state index in [0.717, 1.165) is 10.9 Å². The smallest absolute Gasteiger partial charge is 0.287 e. The summed E-state index contributed by atoms with van der Waals surface area (Å²) in [4.78, 5) is 16.5. The predicted octanol–water partition coefficient (Wildman–Crippen LogP) is 4.25. The van der Waals surface area contributed by atoms with Crippen LogP contribution >= 0.6 is 11.6 Å². The van der Waals surface area contributed by atoms with Gasteiger partial charge in [-0.05, 0) is 42.0 Å². The summed E-state index contributed by atoms with van der Waals surface area (Å²) in [5, 5.41) is 3.87. The Bertz CT molecular complexity index is 1330. The van der Waals surface area contributed by atoms with Crippen LogP contribution in [0.4, 0.5) is 0 Å². The van der Waals surface area contributed by atoms with E-state index in [0.29, 0.717) is 10.6 Å². The van der Waals surface area contributed by atoms with Crippen molar-refractivity contribution in [1.82, 2.24) is 10.3 Å². The second kappa shape index (κ2) is 8.41. The maximum Gasteiger partial charge on any atom is 0.287 e. The summed E-state index contributed by atoms with van der Waals surface area (Å²) in [5.41, 5.74) is 1.26. The first-order valence-electron chi connectivity index (χ1n) is 9.18. The summed E-state index contributed by atoms with van der Waals surface area (Å²) >= 11 is 5.98. The Hall–Kier alpha value is -3.36. The maximum atomic E-state index is 12.9. The lowest BCUT2D eigenvalue weighted by Crippen LogP contribution is -2.22. The molecule has 0 saturated carbocycles. The van der Waals surface area contributed by atoms with Gasteiger partial charge in [0.05, 0.1) is 28.1 Å². The SMILES string of the molecule is COc1cc(S(=O)(=O)c2ccc(CNC(=O)c3cc4ccncc4o3)cc2)ccc1Cl. The van der Waals surface area contributed by atoms with Crippen LogP contribution < -0.4 is 10.1 Å². The van der Waals surface area contributed by atoms with Crippen molar-refractivity contribution < 1.29 is 22.4 Å². The third kappa shape index (κ3) is 4.26. The molecule has 4 aromatic rings. The molecule has 0 aliphatic carbocycles. The van der Waals surface area contributed by atoms with Crippen molar-refractivity contribution in [2.75, 3.05) is 7.11 Å². The number of fused-ring (bicyclic) bond motifs is 1. The van der Waals surface area contributed by atoms with Gasteiger partial charge in [0.15, 0.2) is 11.3 Å². The van der Waals surface area contributed by atoms with E-state index in [1.54, 1.807) is 36.7 Å². The number of sulfone groups is 1. The second-order valence-electron chi connectivity index (χ2n) is 6.65. The van der Waals surface area contributed by atoms with E-state index < -0.39 is 9.84 Å². The number of nitrogens with one attached hydrogen (secondary N) is 1. The zero-order chi connectivity index (χ0) is 22.0. The predicted molar refractivity (Wildman–Crippen MR) is 115 cm³/mol. The van der Waals surface area contributed by atoms with Crippen LogP contribution in [-0.4, -0.2) is 26.4 Å². The molecule has 0 aliphatic rings. The molecule has 4 rings (SSSR count). The molecular formula is C22H17ClN2O5S. The van der Waals surface area contributed by atoms with Crippen molar-refractivity contribution in [2.45, 2.75) is 16.3 Å². The van der Waals surface area contributed by atoms with Crippen LogP contribution in [0.1, 0.15) is 16.1 Å². The molecular weight excluding hydrogens is 440 g/mol. The lowest BCUT2D eigenvalue weighted by Gasteiger charge is -2.09. The number of rotatable bonds is 6. The summed E-state index contributed by atoms with van der Waals surface area (Å²) in [6.07, 6.45) is 3.16. The third-order valence-corrected chi connectivity index (χ3v) is 6.75. The highest BCUT2D eigenvalue weighted by Gasteiger charge is 2.19. The number of halogens is 1. The fourth-order valence-electron chi connectivity index (χ4n) is 3.00. The number of aromatic nitrogens is 1. The van der Waals surface area contributed by atoms with Crippen LogP contribution in [0.5, 0.6) is 5.75 Å². The first kappa shape index (κ1) is 20.9. The topological polar surface area (TPSA) is 98.5 Å². The summed E-state index contributed by atoms with van der Waals surface area (Å²) in [6.45, 7) is 0.212. The molecule has 2 aromatic carbocycles. The molecule has 0 atom stereocenters. The van der Waals surface area contributed by atoms with Crippen molar-refractivity contribution >= 4 is 38.3 Å². The molecule has 0 fully saturated rings. The first-order chi connectivity index (χ1) is 14.9. The van der Waals surface area contributed by atoms with Gasteiger partial charge in [-0.1, -0.05) is 23.7 Å². The molecule has 0 aliphatic heterocycles.